The summed E-state index contributed by atoms with van der Waals surface area (Å²) in [7, 11) is 1.59. The van der Waals surface area contributed by atoms with E-state index >= 15 is 0 Å². The minimum absolute atomic E-state index is 0.0868. The van der Waals surface area contributed by atoms with Crippen molar-refractivity contribution in [2.24, 2.45) is 7.05 Å². The Balaban J connectivity index is 3.05. The SMILES string of the molecule is Cn1nnc2sccc2c1=O. The van der Waals surface area contributed by atoms with E-state index in [9.17, 15) is 4.79 Å². The second kappa shape index (κ2) is 2.13. The van der Waals surface area contributed by atoms with Crippen LogP contribution in [0.15, 0.2) is 16.2 Å². The zero-order valence-corrected chi connectivity index (χ0v) is 6.63. The smallest absolute Gasteiger partial charge is 0.267 e. The van der Waals surface area contributed by atoms with Gasteiger partial charge in [-0.05, 0) is 11.4 Å². The third-order valence-corrected chi connectivity index (χ3v) is 2.24. The number of hydrogen-bond donors (Lipinski definition) is 0. The highest BCUT2D eigenvalue weighted by molar-refractivity contribution is 7.16. The third-order valence-electron chi connectivity index (χ3n) is 1.44. The van der Waals surface area contributed by atoms with Crippen molar-refractivity contribution in [2.75, 3.05) is 0 Å². The lowest BCUT2D eigenvalue weighted by molar-refractivity contribution is 0.658. The van der Waals surface area contributed by atoms with Gasteiger partial charge in [-0.15, -0.1) is 16.4 Å². The van der Waals surface area contributed by atoms with Gasteiger partial charge in [0, 0.05) is 7.05 Å². The molecule has 0 aliphatic carbocycles. The molecule has 4 nitrogen and oxygen atoms in total. The number of hydrogen-bond acceptors (Lipinski definition) is 4. The maximum Gasteiger partial charge on any atom is 0.278 e. The van der Waals surface area contributed by atoms with Crippen molar-refractivity contribution in [1.29, 1.82) is 0 Å². The molecule has 0 saturated carbocycles. The fraction of sp³-hybridized carbons (Fsp3) is 0.167. The van der Waals surface area contributed by atoms with Gasteiger partial charge in [0.1, 0.15) is 0 Å². The van der Waals surface area contributed by atoms with Gasteiger partial charge in [-0.1, -0.05) is 5.21 Å². The van der Waals surface area contributed by atoms with E-state index in [4.69, 9.17) is 0 Å². The first-order valence-electron chi connectivity index (χ1n) is 3.06. The first kappa shape index (κ1) is 6.48. The van der Waals surface area contributed by atoms with Gasteiger partial charge < -0.3 is 0 Å². The van der Waals surface area contributed by atoms with Crippen LogP contribution in [0.3, 0.4) is 0 Å². The molecule has 2 rings (SSSR count). The molecule has 0 unspecified atom stereocenters. The Morgan fingerprint density at radius 2 is 2.45 bits per heavy atom. The summed E-state index contributed by atoms with van der Waals surface area (Å²) in [5.74, 6) is 0. The van der Waals surface area contributed by atoms with E-state index < -0.39 is 0 Å². The molecule has 2 aromatic heterocycles. The highest BCUT2D eigenvalue weighted by Crippen LogP contribution is 2.11. The maximum absolute atomic E-state index is 11.3. The molecular weight excluding hydrogens is 162 g/mol. The minimum Gasteiger partial charge on any atom is -0.267 e. The van der Waals surface area contributed by atoms with Crippen LogP contribution in [0, 0.1) is 0 Å². The van der Waals surface area contributed by atoms with Crippen molar-refractivity contribution in [2.45, 2.75) is 0 Å². The molecule has 0 N–H and O–H groups in total. The summed E-state index contributed by atoms with van der Waals surface area (Å²) < 4.78 is 1.23. The molecule has 0 aliphatic heterocycles. The van der Waals surface area contributed by atoms with E-state index in [1.165, 1.54) is 16.0 Å². The van der Waals surface area contributed by atoms with Gasteiger partial charge >= 0.3 is 0 Å². The maximum atomic E-state index is 11.3. The predicted molar refractivity (Wildman–Crippen MR) is 42.7 cm³/mol. The van der Waals surface area contributed by atoms with Crippen LogP contribution in [-0.4, -0.2) is 15.0 Å². The molecular formula is C6H5N3OS. The molecule has 0 radical (unpaired) electrons. The van der Waals surface area contributed by atoms with Gasteiger partial charge in [-0.2, -0.15) is 0 Å². The summed E-state index contributed by atoms with van der Waals surface area (Å²) in [6, 6.07) is 1.76. The largest absolute Gasteiger partial charge is 0.278 e. The standard InChI is InChI=1S/C6H5N3OS/c1-9-6(10)4-2-3-11-5(4)7-8-9/h2-3H,1H3. The van der Waals surface area contributed by atoms with E-state index in [0.717, 1.165) is 0 Å². The molecule has 56 valence electrons. The molecule has 0 spiro atoms. The number of fused-ring (bicyclic) bond motifs is 1. The Morgan fingerprint density at radius 3 is 3.27 bits per heavy atom. The Bertz CT molecular complexity index is 444. The van der Waals surface area contributed by atoms with E-state index in [1.807, 2.05) is 5.38 Å². The average Bonchev–Trinajstić information content (AvgIpc) is 2.45. The normalized spacial score (nSPS) is 10.6. The molecule has 0 fully saturated rings. The van der Waals surface area contributed by atoms with Gasteiger partial charge in [0.15, 0.2) is 4.83 Å². The highest BCUT2D eigenvalue weighted by atomic mass is 32.1. The van der Waals surface area contributed by atoms with Crippen LogP contribution < -0.4 is 5.56 Å². The molecule has 5 heteroatoms. The Hall–Kier alpha value is -1.23. The predicted octanol–water partition coefficient (Wildman–Crippen LogP) is 0.390. The first-order valence-corrected chi connectivity index (χ1v) is 3.94. The summed E-state index contributed by atoms with van der Waals surface area (Å²) in [4.78, 5) is 12.0. The summed E-state index contributed by atoms with van der Waals surface area (Å²) in [6.07, 6.45) is 0. The van der Waals surface area contributed by atoms with Gasteiger partial charge in [0.05, 0.1) is 5.39 Å². The van der Waals surface area contributed by atoms with Gasteiger partial charge in [0.25, 0.3) is 5.56 Å². The van der Waals surface area contributed by atoms with Crippen LogP contribution >= 0.6 is 11.3 Å². The average molecular weight is 167 g/mol. The van der Waals surface area contributed by atoms with Crippen molar-refractivity contribution in [3.8, 4) is 0 Å². The fourth-order valence-electron chi connectivity index (χ4n) is 0.864. The van der Waals surface area contributed by atoms with Gasteiger partial charge in [-0.25, -0.2) is 4.68 Å². The summed E-state index contributed by atoms with van der Waals surface area (Å²) in [6.45, 7) is 0. The Kier molecular flexibility index (Phi) is 1.25. The van der Waals surface area contributed by atoms with E-state index in [-0.39, 0.29) is 5.56 Å². The fourth-order valence-corrected chi connectivity index (χ4v) is 1.56. The van der Waals surface area contributed by atoms with Crippen molar-refractivity contribution in [1.82, 2.24) is 15.0 Å². The molecule has 0 aliphatic rings. The summed E-state index contributed by atoms with van der Waals surface area (Å²) in [5.41, 5.74) is -0.0868. The van der Waals surface area contributed by atoms with Gasteiger partial charge in [0.2, 0.25) is 0 Å². The van der Waals surface area contributed by atoms with Crippen LogP contribution in [0.4, 0.5) is 0 Å². The molecule has 11 heavy (non-hydrogen) atoms. The van der Waals surface area contributed by atoms with Crippen LogP contribution in [0.1, 0.15) is 0 Å². The topological polar surface area (TPSA) is 47.8 Å². The lowest BCUT2D eigenvalue weighted by atomic mass is 10.4. The van der Waals surface area contributed by atoms with Crippen LogP contribution in [0.25, 0.3) is 10.2 Å². The summed E-state index contributed by atoms with van der Waals surface area (Å²) in [5, 5.41) is 9.96. The lowest BCUT2D eigenvalue weighted by Gasteiger charge is -1.91. The molecule has 0 amide bonds. The molecule has 2 aromatic rings. The van der Waals surface area contributed by atoms with Crippen LogP contribution in [0.5, 0.6) is 0 Å². The number of aryl methyl sites for hydroxylation is 1. The third kappa shape index (κ3) is 0.848. The molecule has 0 atom stereocenters. The number of rotatable bonds is 0. The van der Waals surface area contributed by atoms with Crippen molar-refractivity contribution < 1.29 is 0 Å². The number of aromatic nitrogens is 3. The van der Waals surface area contributed by atoms with E-state index in [2.05, 4.69) is 10.3 Å². The summed E-state index contributed by atoms with van der Waals surface area (Å²) >= 11 is 1.42. The quantitative estimate of drug-likeness (QED) is 0.570. The lowest BCUT2D eigenvalue weighted by Crippen LogP contribution is -2.19. The Morgan fingerprint density at radius 1 is 1.64 bits per heavy atom. The molecule has 2 heterocycles. The molecule has 0 aromatic carbocycles. The Labute approximate surface area is 66.1 Å². The highest BCUT2D eigenvalue weighted by Gasteiger charge is 2.01. The number of thiophene rings is 1. The van der Waals surface area contributed by atoms with Crippen molar-refractivity contribution in [3.63, 3.8) is 0 Å². The molecule has 0 saturated heterocycles. The first-order chi connectivity index (χ1) is 5.29. The zero-order chi connectivity index (χ0) is 7.84. The van der Waals surface area contributed by atoms with E-state index in [0.29, 0.717) is 10.2 Å². The van der Waals surface area contributed by atoms with E-state index in [1.54, 1.807) is 13.1 Å². The molecule has 0 bridgehead atoms. The van der Waals surface area contributed by atoms with Gasteiger partial charge in [-0.3, -0.25) is 4.79 Å². The van der Waals surface area contributed by atoms with Crippen molar-refractivity contribution >= 4 is 21.6 Å². The number of nitrogens with zero attached hydrogens (tertiary/aromatic N) is 3. The zero-order valence-electron chi connectivity index (χ0n) is 5.81. The second-order valence-electron chi connectivity index (χ2n) is 2.16. The van der Waals surface area contributed by atoms with Crippen LogP contribution in [0.2, 0.25) is 0 Å². The minimum atomic E-state index is -0.0868. The van der Waals surface area contributed by atoms with Crippen molar-refractivity contribution in [3.05, 3.63) is 21.8 Å². The van der Waals surface area contributed by atoms with Crippen LogP contribution in [-0.2, 0) is 7.05 Å². The second-order valence-corrected chi connectivity index (χ2v) is 3.05. The monoisotopic (exact) mass is 167 g/mol.